The van der Waals surface area contributed by atoms with Crippen molar-refractivity contribution < 1.29 is 14.7 Å². The van der Waals surface area contributed by atoms with Crippen LogP contribution in [0, 0.1) is 12.3 Å². The first-order valence-electron chi connectivity index (χ1n) is 5.95. The minimum absolute atomic E-state index is 0.490. The van der Waals surface area contributed by atoms with Crippen molar-refractivity contribution in [1.29, 1.82) is 0 Å². The number of carbonyl (C=O) groups is 2. The van der Waals surface area contributed by atoms with Gasteiger partial charge in [0.25, 0.3) is 0 Å². The molecule has 0 amide bonds. The minimum Gasteiger partial charge on any atom is -0.369 e. The molecule has 0 saturated carbocycles. The molecule has 0 radical (unpaired) electrons. The summed E-state index contributed by atoms with van der Waals surface area (Å²) in [6.07, 6.45) is 6.91. The van der Waals surface area contributed by atoms with E-state index in [9.17, 15) is 14.7 Å². The average molecular weight is 264 g/mol. The lowest BCUT2D eigenvalue weighted by Gasteiger charge is -2.23. The molecule has 0 atom stereocenters. The van der Waals surface area contributed by atoms with Crippen molar-refractivity contribution in [1.82, 2.24) is 0 Å². The van der Waals surface area contributed by atoms with Gasteiger partial charge in [-0.05, 0) is 0 Å². The second-order valence-corrected chi connectivity index (χ2v) is 4.33. The first kappa shape index (κ1) is 13.7. The highest BCUT2D eigenvalue weighted by Gasteiger charge is 2.28. The van der Waals surface area contributed by atoms with Crippen molar-refractivity contribution in [2.75, 3.05) is 0 Å². The number of hydrogen-bond acceptors (Lipinski definition) is 3. The first-order valence-corrected chi connectivity index (χ1v) is 5.95. The summed E-state index contributed by atoms with van der Waals surface area (Å²) in [4.78, 5) is 21.3. The Morgan fingerprint density at radius 3 is 1.45 bits per heavy atom. The maximum absolute atomic E-state index is 10.7. The van der Waals surface area contributed by atoms with Gasteiger partial charge in [0.2, 0.25) is 0 Å². The molecule has 0 saturated heterocycles. The van der Waals surface area contributed by atoms with E-state index >= 15 is 0 Å². The molecule has 3 nitrogen and oxygen atoms in total. The highest BCUT2D eigenvalue weighted by atomic mass is 16.3. The summed E-state index contributed by atoms with van der Waals surface area (Å²) < 4.78 is 0. The van der Waals surface area contributed by atoms with E-state index < -0.39 is 5.60 Å². The lowest BCUT2D eigenvalue weighted by atomic mass is 9.86. The van der Waals surface area contributed by atoms with E-state index in [1.807, 2.05) is 0 Å². The van der Waals surface area contributed by atoms with Crippen LogP contribution in [0.1, 0.15) is 31.8 Å². The third-order valence-corrected chi connectivity index (χ3v) is 3.14. The van der Waals surface area contributed by atoms with Gasteiger partial charge in [0.1, 0.15) is 12.6 Å². The van der Waals surface area contributed by atoms with Crippen LogP contribution >= 0.6 is 0 Å². The van der Waals surface area contributed by atoms with Crippen LogP contribution in [0.4, 0.5) is 0 Å². The summed E-state index contributed by atoms with van der Waals surface area (Å²) in [5.74, 6) is 2.36. The largest absolute Gasteiger partial charge is 0.369 e. The summed E-state index contributed by atoms with van der Waals surface area (Å²) in [5, 5.41) is 10.7. The third-order valence-electron chi connectivity index (χ3n) is 3.14. The van der Waals surface area contributed by atoms with Gasteiger partial charge in [0, 0.05) is 22.3 Å². The summed E-state index contributed by atoms with van der Waals surface area (Å²) in [7, 11) is 0. The second-order valence-electron chi connectivity index (χ2n) is 4.33. The molecule has 0 spiro atoms. The Kier molecular flexibility index (Phi) is 3.79. The van der Waals surface area contributed by atoms with Crippen LogP contribution in [0.3, 0.4) is 0 Å². The molecule has 2 rings (SSSR count). The monoisotopic (exact) mass is 264 g/mol. The van der Waals surface area contributed by atoms with Crippen LogP contribution in [0.2, 0.25) is 0 Å². The van der Waals surface area contributed by atoms with Crippen LogP contribution in [-0.4, -0.2) is 17.7 Å². The molecular weight excluding hydrogens is 252 g/mol. The van der Waals surface area contributed by atoms with Gasteiger partial charge in [0.05, 0.1) is 0 Å². The van der Waals surface area contributed by atoms with E-state index in [0.29, 0.717) is 22.3 Å². The molecule has 1 N–H and O–H groups in total. The molecule has 0 bridgehead atoms. The zero-order chi connectivity index (χ0) is 14.6. The van der Waals surface area contributed by atoms with E-state index in [1.165, 1.54) is 0 Å². The van der Waals surface area contributed by atoms with Crippen molar-refractivity contribution in [3.05, 3.63) is 70.8 Å². The Bertz CT molecular complexity index is 609. The minimum atomic E-state index is -1.59. The van der Waals surface area contributed by atoms with Crippen molar-refractivity contribution >= 4 is 12.6 Å². The summed E-state index contributed by atoms with van der Waals surface area (Å²) in [6, 6.07) is 12.8. The highest BCUT2D eigenvalue weighted by Crippen LogP contribution is 2.29. The van der Waals surface area contributed by atoms with Gasteiger partial charge >= 0.3 is 0 Å². The van der Waals surface area contributed by atoms with Crippen molar-refractivity contribution in [2.24, 2.45) is 0 Å². The van der Waals surface area contributed by atoms with Gasteiger partial charge in [0.15, 0.2) is 5.60 Å². The Morgan fingerprint density at radius 1 is 0.850 bits per heavy atom. The fourth-order valence-electron chi connectivity index (χ4n) is 1.94. The van der Waals surface area contributed by atoms with Crippen molar-refractivity contribution in [2.45, 2.75) is 5.60 Å². The standard InChI is InChI=1S/C17H12O3/c1-2-17(20,15-7-3-13(11-18)4-8-15)16-9-5-14(12-19)6-10-16/h1,3-12,20H. The summed E-state index contributed by atoms with van der Waals surface area (Å²) in [6.45, 7) is 0. The molecule has 0 aliphatic heterocycles. The maximum atomic E-state index is 10.7. The molecule has 0 unspecified atom stereocenters. The number of rotatable bonds is 4. The molecule has 0 aliphatic carbocycles. The van der Waals surface area contributed by atoms with Gasteiger partial charge in [-0.15, -0.1) is 6.42 Å². The molecule has 0 aromatic heterocycles. The lowest BCUT2D eigenvalue weighted by molar-refractivity contribution is 0.111. The third kappa shape index (κ3) is 2.37. The quantitative estimate of drug-likeness (QED) is 0.680. The Hall–Kier alpha value is -2.70. The van der Waals surface area contributed by atoms with Gasteiger partial charge in [-0.2, -0.15) is 0 Å². The van der Waals surface area contributed by atoms with E-state index in [-0.39, 0.29) is 0 Å². The van der Waals surface area contributed by atoms with Crippen LogP contribution in [0.15, 0.2) is 48.5 Å². The highest BCUT2D eigenvalue weighted by molar-refractivity contribution is 5.75. The SMILES string of the molecule is C#CC(O)(c1ccc(C=O)cc1)c1ccc(C=O)cc1. The molecule has 0 heterocycles. The maximum Gasteiger partial charge on any atom is 0.176 e. The number of carbonyl (C=O) groups excluding carboxylic acids is 2. The Labute approximate surface area is 116 Å². The van der Waals surface area contributed by atoms with E-state index in [4.69, 9.17) is 6.42 Å². The van der Waals surface area contributed by atoms with Crippen LogP contribution in [-0.2, 0) is 5.60 Å². The number of hydrogen-bond donors (Lipinski definition) is 1. The number of aliphatic hydroxyl groups is 1. The van der Waals surface area contributed by atoms with E-state index in [1.54, 1.807) is 48.5 Å². The van der Waals surface area contributed by atoms with Crippen molar-refractivity contribution in [3.8, 4) is 12.3 Å². The molecule has 98 valence electrons. The molecule has 0 aliphatic rings. The molecular formula is C17H12O3. The topological polar surface area (TPSA) is 54.4 Å². The van der Waals surface area contributed by atoms with Crippen LogP contribution in [0.25, 0.3) is 0 Å². The predicted molar refractivity (Wildman–Crippen MR) is 75.5 cm³/mol. The summed E-state index contributed by atoms with van der Waals surface area (Å²) >= 11 is 0. The fourth-order valence-corrected chi connectivity index (χ4v) is 1.94. The first-order chi connectivity index (χ1) is 9.63. The normalized spacial score (nSPS) is 10.6. The Balaban J connectivity index is 2.48. The number of benzene rings is 2. The average Bonchev–Trinajstić information content (AvgIpc) is 2.54. The van der Waals surface area contributed by atoms with Gasteiger partial charge in [-0.1, -0.05) is 54.5 Å². The van der Waals surface area contributed by atoms with Crippen molar-refractivity contribution in [3.63, 3.8) is 0 Å². The molecule has 2 aromatic rings. The van der Waals surface area contributed by atoms with E-state index in [2.05, 4.69) is 5.92 Å². The lowest BCUT2D eigenvalue weighted by Crippen LogP contribution is -2.25. The Morgan fingerprint density at radius 2 is 1.20 bits per heavy atom. The van der Waals surface area contributed by atoms with Crippen LogP contribution in [0.5, 0.6) is 0 Å². The fraction of sp³-hybridized carbons (Fsp3) is 0.0588. The number of terminal acetylenes is 1. The van der Waals surface area contributed by atoms with E-state index in [0.717, 1.165) is 12.6 Å². The van der Waals surface area contributed by atoms with Gasteiger partial charge in [-0.25, -0.2) is 0 Å². The number of aldehydes is 2. The zero-order valence-corrected chi connectivity index (χ0v) is 10.6. The molecule has 0 fully saturated rings. The summed E-state index contributed by atoms with van der Waals surface area (Å²) in [5.41, 5.74) is 0.394. The molecule has 20 heavy (non-hydrogen) atoms. The molecule has 3 heteroatoms. The zero-order valence-electron chi connectivity index (χ0n) is 10.6. The van der Waals surface area contributed by atoms with Crippen LogP contribution < -0.4 is 0 Å². The smallest absolute Gasteiger partial charge is 0.176 e. The van der Waals surface area contributed by atoms with Gasteiger partial charge < -0.3 is 5.11 Å². The second kappa shape index (κ2) is 5.52. The molecule has 2 aromatic carbocycles. The van der Waals surface area contributed by atoms with Gasteiger partial charge in [-0.3, -0.25) is 9.59 Å². The predicted octanol–water partition coefficient (Wildman–Crippen LogP) is 2.18.